The van der Waals surface area contributed by atoms with E-state index in [-0.39, 0.29) is 6.04 Å². The Morgan fingerprint density at radius 1 is 1.00 bits per heavy atom. The van der Waals surface area contributed by atoms with Crippen molar-refractivity contribution in [3.05, 3.63) is 65.0 Å². The van der Waals surface area contributed by atoms with Crippen LogP contribution in [0.15, 0.2) is 42.5 Å². The molecule has 2 atom stereocenters. The fourth-order valence-electron chi connectivity index (χ4n) is 4.22. The van der Waals surface area contributed by atoms with Crippen LogP contribution < -0.4 is 14.8 Å². The third-order valence-electron chi connectivity index (χ3n) is 5.87. The zero-order valence-electron chi connectivity index (χ0n) is 18.5. The Morgan fingerprint density at radius 3 is 2.48 bits per heavy atom. The molecular formula is C25H29N3O3. The predicted octanol–water partition coefficient (Wildman–Crippen LogP) is 4.36. The van der Waals surface area contributed by atoms with Crippen LogP contribution in [0, 0.1) is 0 Å². The first kappa shape index (κ1) is 21.1. The Morgan fingerprint density at radius 2 is 1.77 bits per heavy atom. The van der Waals surface area contributed by atoms with Gasteiger partial charge < -0.3 is 19.9 Å². The molecule has 0 bridgehead atoms. The fraction of sp³-hybridized carbons (Fsp3) is 0.360. The summed E-state index contributed by atoms with van der Waals surface area (Å²) in [5.74, 6) is 2.16. The Hall–Kier alpha value is -3.12. The molecule has 2 aromatic carbocycles. The van der Waals surface area contributed by atoms with Crippen LogP contribution in [0.1, 0.15) is 42.4 Å². The highest BCUT2D eigenvalue weighted by Gasteiger charge is 2.31. The van der Waals surface area contributed by atoms with E-state index in [0.717, 1.165) is 52.6 Å². The summed E-state index contributed by atoms with van der Waals surface area (Å²) < 4.78 is 10.9. The minimum Gasteiger partial charge on any atom is -0.497 e. The van der Waals surface area contributed by atoms with Crippen LogP contribution in [0.3, 0.4) is 0 Å². The van der Waals surface area contributed by atoms with E-state index < -0.39 is 6.10 Å². The van der Waals surface area contributed by atoms with Gasteiger partial charge in [-0.1, -0.05) is 38.1 Å². The van der Waals surface area contributed by atoms with Crippen molar-refractivity contribution in [1.29, 1.82) is 0 Å². The van der Waals surface area contributed by atoms with Gasteiger partial charge in [-0.25, -0.2) is 9.97 Å². The molecule has 2 N–H and O–H groups in total. The molecule has 1 aromatic heterocycles. The molecule has 1 heterocycles. The number of benzene rings is 2. The van der Waals surface area contributed by atoms with Crippen molar-refractivity contribution in [2.45, 2.75) is 45.3 Å². The predicted molar refractivity (Wildman–Crippen MR) is 122 cm³/mol. The number of aliphatic hydroxyl groups is 1. The Labute approximate surface area is 183 Å². The number of fused-ring (bicyclic) bond motifs is 1. The lowest BCUT2D eigenvalue weighted by Crippen LogP contribution is -2.23. The van der Waals surface area contributed by atoms with E-state index in [0.29, 0.717) is 12.2 Å². The van der Waals surface area contributed by atoms with E-state index in [9.17, 15) is 5.11 Å². The summed E-state index contributed by atoms with van der Waals surface area (Å²) in [4.78, 5) is 9.95. The lowest BCUT2D eigenvalue weighted by molar-refractivity contribution is 0.165. The van der Waals surface area contributed by atoms with E-state index in [1.54, 1.807) is 14.2 Å². The second-order valence-corrected chi connectivity index (χ2v) is 7.68. The first-order valence-corrected chi connectivity index (χ1v) is 10.7. The summed E-state index contributed by atoms with van der Waals surface area (Å²) in [5.41, 5.74) is 5.74. The lowest BCUT2D eigenvalue weighted by Gasteiger charge is -2.22. The van der Waals surface area contributed by atoms with Gasteiger partial charge in [0, 0.05) is 18.1 Å². The molecule has 31 heavy (non-hydrogen) atoms. The second-order valence-electron chi connectivity index (χ2n) is 7.68. The van der Waals surface area contributed by atoms with Gasteiger partial charge in [0.2, 0.25) is 0 Å². The maximum Gasteiger partial charge on any atom is 0.148 e. The van der Waals surface area contributed by atoms with Crippen LogP contribution in [0.2, 0.25) is 0 Å². The summed E-state index contributed by atoms with van der Waals surface area (Å²) in [7, 11) is 3.28. The average molecular weight is 420 g/mol. The molecule has 0 saturated heterocycles. The van der Waals surface area contributed by atoms with Gasteiger partial charge in [0.15, 0.2) is 0 Å². The van der Waals surface area contributed by atoms with Gasteiger partial charge in [0.05, 0.1) is 43.4 Å². The van der Waals surface area contributed by atoms with Gasteiger partial charge >= 0.3 is 0 Å². The highest BCUT2D eigenvalue weighted by molar-refractivity contribution is 5.71. The maximum absolute atomic E-state index is 10.7. The van der Waals surface area contributed by atoms with Crippen LogP contribution in [-0.2, 0) is 19.3 Å². The normalized spacial score (nSPS) is 17.3. The summed E-state index contributed by atoms with van der Waals surface area (Å²) in [6.45, 7) is 4.13. The topological polar surface area (TPSA) is 76.5 Å². The van der Waals surface area contributed by atoms with Crippen LogP contribution in [-0.4, -0.2) is 35.4 Å². The third-order valence-corrected chi connectivity index (χ3v) is 5.87. The fourth-order valence-corrected chi connectivity index (χ4v) is 4.22. The maximum atomic E-state index is 10.7. The zero-order valence-corrected chi connectivity index (χ0v) is 18.5. The molecule has 0 aliphatic heterocycles. The average Bonchev–Trinajstić information content (AvgIpc) is 3.13. The van der Waals surface area contributed by atoms with E-state index >= 15 is 0 Å². The highest BCUT2D eigenvalue weighted by atomic mass is 16.5. The molecule has 3 aromatic rings. The molecule has 0 fully saturated rings. The van der Waals surface area contributed by atoms with Gasteiger partial charge in [-0.3, -0.25) is 0 Å². The summed E-state index contributed by atoms with van der Waals surface area (Å²) in [6, 6.07) is 13.7. The van der Waals surface area contributed by atoms with Crippen LogP contribution in [0.25, 0.3) is 11.3 Å². The van der Waals surface area contributed by atoms with Gasteiger partial charge in [-0.2, -0.15) is 0 Å². The monoisotopic (exact) mass is 419 g/mol. The van der Waals surface area contributed by atoms with Crippen molar-refractivity contribution in [3.63, 3.8) is 0 Å². The molecule has 1 aliphatic carbocycles. The number of hydrogen-bond donors (Lipinski definition) is 2. The molecular weight excluding hydrogens is 390 g/mol. The summed E-state index contributed by atoms with van der Waals surface area (Å²) in [6.07, 6.45) is 1.59. The van der Waals surface area contributed by atoms with Gasteiger partial charge in [0.25, 0.3) is 0 Å². The van der Waals surface area contributed by atoms with Crippen molar-refractivity contribution in [3.8, 4) is 22.8 Å². The van der Waals surface area contributed by atoms with Crippen molar-refractivity contribution < 1.29 is 14.6 Å². The number of aryl methyl sites for hydroxylation is 2. The number of nitrogens with one attached hydrogen (secondary N) is 1. The van der Waals surface area contributed by atoms with Crippen LogP contribution >= 0.6 is 0 Å². The SMILES string of the molecule is CCc1nc(-c2ccc(OC)cc2OC)c(CC)nc1NC1c2ccccc2CC1O. The first-order chi connectivity index (χ1) is 15.1. The molecule has 6 heteroatoms. The van der Waals surface area contributed by atoms with Crippen LogP contribution in [0.4, 0.5) is 5.82 Å². The van der Waals surface area contributed by atoms with Crippen LogP contribution in [0.5, 0.6) is 11.5 Å². The van der Waals surface area contributed by atoms with Gasteiger partial charge in [0.1, 0.15) is 17.3 Å². The van der Waals surface area contributed by atoms with Gasteiger partial charge in [-0.15, -0.1) is 0 Å². The Bertz CT molecular complexity index is 1080. The number of nitrogens with zero attached hydrogens (tertiary/aromatic N) is 2. The molecule has 4 rings (SSSR count). The lowest BCUT2D eigenvalue weighted by atomic mass is 10.1. The molecule has 162 valence electrons. The van der Waals surface area contributed by atoms with E-state index in [1.807, 2.05) is 30.3 Å². The smallest absolute Gasteiger partial charge is 0.148 e. The summed E-state index contributed by atoms with van der Waals surface area (Å²) in [5, 5.41) is 14.2. The third kappa shape index (κ3) is 3.95. The molecule has 1 aliphatic rings. The number of ether oxygens (including phenoxy) is 2. The van der Waals surface area contributed by atoms with Gasteiger partial charge in [-0.05, 0) is 36.1 Å². The summed E-state index contributed by atoms with van der Waals surface area (Å²) >= 11 is 0. The number of rotatable bonds is 7. The molecule has 6 nitrogen and oxygen atoms in total. The zero-order chi connectivity index (χ0) is 22.0. The van der Waals surface area contributed by atoms with E-state index in [1.165, 1.54) is 5.56 Å². The van der Waals surface area contributed by atoms with Crippen molar-refractivity contribution >= 4 is 5.82 Å². The number of aliphatic hydroxyl groups excluding tert-OH is 1. The molecule has 0 amide bonds. The number of hydrogen-bond acceptors (Lipinski definition) is 6. The molecule has 0 radical (unpaired) electrons. The van der Waals surface area contributed by atoms with E-state index in [2.05, 4.69) is 31.3 Å². The Balaban J connectivity index is 1.76. The quantitative estimate of drug-likeness (QED) is 0.593. The van der Waals surface area contributed by atoms with E-state index in [4.69, 9.17) is 19.4 Å². The van der Waals surface area contributed by atoms with Crippen molar-refractivity contribution in [1.82, 2.24) is 9.97 Å². The molecule has 2 unspecified atom stereocenters. The highest BCUT2D eigenvalue weighted by Crippen LogP contribution is 2.37. The minimum absolute atomic E-state index is 0.193. The minimum atomic E-state index is -0.490. The van der Waals surface area contributed by atoms with Crippen molar-refractivity contribution in [2.75, 3.05) is 19.5 Å². The number of aromatic nitrogens is 2. The number of anilines is 1. The molecule has 0 spiro atoms. The largest absolute Gasteiger partial charge is 0.497 e. The van der Waals surface area contributed by atoms with Crippen molar-refractivity contribution in [2.24, 2.45) is 0 Å². The second kappa shape index (κ2) is 8.94. The number of methoxy groups -OCH3 is 2. The standard InChI is InChI=1S/C25H29N3O3/c1-5-19-23(18-12-11-16(30-3)14-22(18)31-4)26-20(6-2)25(27-19)28-24-17-10-8-7-9-15(17)13-21(24)29/h7-12,14,21,24,29H,5-6,13H2,1-4H3,(H,27,28). The Kier molecular flexibility index (Phi) is 6.09. The molecule has 0 saturated carbocycles. The first-order valence-electron chi connectivity index (χ1n) is 10.7.